The van der Waals surface area contributed by atoms with Gasteiger partial charge in [0.05, 0.1) is 5.01 Å². The first-order valence-electron chi connectivity index (χ1n) is 8.69. The number of rotatable bonds is 4. The van der Waals surface area contributed by atoms with Gasteiger partial charge in [-0.25, -0.2) is 9.97 Å². The van der Waals surface area contributed by atoms with Crippen molar-refractivity contribution in [3.63, 3.8) is 0 Å². The Morgan fingerprint density at radius 3 is 2.79 bits per heavy atom. The molecule has 9 heteroatoms. The standard InChI is InChI=1S/C19H21N5OS.2ClH/c1-23-9-8-21-18(23)16-12-20-7-10-24(16)19(25)15-13-26-17(22-15)11-14-5-3-2-4-6-14;;/h2-6,8-9,13,16,20H,7,10-12H2,1H3;2*1H. The van der Waals surface area contributed by atoms with Gasteiger partial charge in [-0.1, -0.05) is 30.3 Å². The largest absolute Gasteiger partial charge is 0.336 e. The fourth-order valence-corrected chi connectivity index (χ4v) is 4.09. The Kier molecular flexibility index (Phi) is 8.00. The second-order valence-electron chi connectivity index (χ2n) is 6.40. The number of imidazole rings is 1. The number of nitrogens with zero attached hydrogens (tertiary/aromatic N) is 4. The summed E-state index contributed by atoms with van der Waals surface area (Å²) in [5.74, 6) is 0.875. The van der Waals surface area contributed by atoms with Crippen molar-refractivity contribution < 1.29 is 4.79 Å². The van der Waals surface area contributed by atoms with Crippen molar-refractivity contribution in [2.75, 3.05) is 19.6 Å². The minimum Gasteiger partial charge on any atom is -0.336 e. The quantitative estimate of drug-likeness (QED) is 0.678. The van der Waals surface area contributed by atoms with Crippen LogP contribution in [-0.2, 0) is 13.5 Å². The molecule has 1 N–H and O–H groups in total. The van der Waals surface area contributed by atoms with Crippen LogP contribution in [0.25, 0.3) is 0 Å². The number of aryl methyl sites for hydroxylation is 1. The first kappa shape index (κ1) is 22.4. The van der Waals surface area contributed by atoms with Gasteiger partial charge in [0.1, 0.15) is 17.6 Å². The summed E-state index contributed by atoms with van der Waals surface area (Å²) >= 11 is 1.54. The van der Waals surface area contributed by atoms with E-state index in [9.17, 15) is 4.79 Å². The van der Waals surface area contributed by atoms with Gasteiger partial charge in [-0.3, -0.25) is 4.79 Å². The van der Waals surface area contributed by atoms with Crippen molar-refractivity contribution in [2.45, 2.75) is 12.5 Å². The maximum absolute atomic E-state index is 13.1. The number of thiazole rings is 1. The van der Waals surface area contributed by atoms with Gasteiger partial charge in [0.2, 0.25) is 0 Å². The summed E-state index contributed by atoms with van der Waals surface area (Å²) in [6.45, 7) is 2.15. The van der Waals surface area contributed by atoms with Gasteiger partial charge in [0, 0.05) is 50.9 Å². The molecule has 0 radical (unpaired) electrons. The van der Waals surface area contributed by atoms with Gasteiger partial charge in [-0.15, -0.1) is 36.2 Å². The molecule has 0 aliphatic carbocycles. The lowest BCUT2D eigenvalue weighted by atomic mass is 10.1. The molecule has 0 saturated carbocycles. The van der Waals surface area contributed by atoms with Crippen LogP contribution in [0.1, 0.15) is 32.9 Å². The zero-order valence-corrected chi connectivity index (χ0v) is 17.9. The van der Waals surface area contributed by atoms with Crippen molar-refractivity contribution in [3.8, 4) is 0 Å². The molecule has 1 unspecified atom stereocenters. The summed E-state index contributed by atoms with van der Waals surface area (Å²) in [6.07, 6.45) is 4.43. The monoisotopic (exact) mass is 439 g/mol. The molecule has 1 aromatic carbocycles. The Hall–Kier alpha value is -1.93. The topological polar surface area (TPSA) is 63.1 Å². The SMILES string of the molecule is Cl.Cl.Cn1ccnc1C1CNCCN1C(=O)c1csc(Cc2ccccc2)n1. The summed E-state index contributed by atoms with van der Waals surface area (Å²) in [7, 11) is 1.96. The molecule has 1 amide bonds. The lowest BCUT2D eigenvalue weighted by molar-refractivity contribution is 0.0615. The summed E-state index contributed by atoms with van der Waals surface area (Å²) in [4.78, 5) is 24.0. The molecular weight excluding hydrogens is 417 g/mol. The number of hydrogen-bond acceptors (Lipinski definition) is 5. The number of amides is 1. The van der Waals surface area contributed by atoms with Crippen LogP contribution in [0.2, 0.25) is 0 Å². The van der Waals surface area contributed by atoms with E-state index in [0.29, 0.717) is 18.8 Å². The molecule has 0 bridgehead atoms. The average molecular weight is 440 g/mol. The fourth-order valence-electron chi connectivity index (χ4n) is 3.28. The lowest BCUT2D eigenvalue weighted by Gasteiger charge is -2.35. The van der Waals surface area contributed by atoms with Crippen molar-refractivity contribution in [2.24, 2.45) is 7.05 Å². The molecule has 1 aliphatic rings. The van der Waals surface area contributed by atoms with E-state index in [1.54, 1.807) is 17.5 Å². The van der Waals surface area contributed by atoms with Crippen molar-refractivity contribution >= 4 is 42.1 Å². The molecule has 1 fully saturated rings. The number of carbonyl (C=O) groups excluding carboxylic acids is 1. The van der Waals surface area contributed by atoms with Crippen molar-refractivity contribution in [3.05, 3.63) is 70.2 Å². The maximum Gasteiger partial charge on any atom is 0.274 e. The van der Waals surface area contributed by atoms with E-state index in [-0.39, 0.29) is 36.8 Å². The second kappa shape index (κ2) is 10.0. The Bertz CT molecular complexity index is 899. The summed E-state index contributed by atoms with van der Waals surface area (Å²) in [6, 6.07) is 10.1. The van der Waals surface area contributed by atoms with Gasteiger partial charge in [-0.2, -0.15) is 0 Å². The number of nitrogens with one attached hydrogen (secondary N) is 1. The molecule has 1 aliphatic heterocycles. The second-order valence-corrected chi connectivity index (χ2v) is 7.35. The van der Waals surface area contributed by atoms with E-state index in [1.165, 1.54) is 5.56 Å². The van der Waals surface area contributed by atoms with Gasteiger partial charge in [0.15, 0.2) is 0 Å². The molecule has 3 aromatic rings. The third kappa shape index (κ3) is 4.72. The van der Waals surface area contributed by atoms with E-state index < -0.39 is 0 Å². The van der Waals surface area contributed by atoms with Crippen molar-refractivity contribution in [1.29, 1.82) is 0 Å². The minimum atomic E-state index is -0.0736. The van der Waals surface area contributed by atoms with E-state index in [0.717, 1.165) is 23.8 Å². The van der Waals surface area contributed by atoms with Gasteiger partial charge in [0.25, 0.3) is 5.91 Å². The highest BCUT2D eigenvalue weighted by atomic mass is 35.5. The predicted molar refractivity (Wildman–Crippen MR) is 116 cm³/mol. The zero-order valence-electron chi connectivity index (χ0n) is 15.4. The van der Waals surface area contributed by atoms with Crippen LogP contribution in [0, 0.1) is 0 Å². The molecular formula is C19H23Cl2N5OS. The van der Waals surface area contributed by atoms with E-state index in [2.05, 4.69) is 27.4 Å². The molecule has 0 spiro atoms. The Balaban J connectivity index is 0.00000140. The van der Waals surface area contributed by atoms with Crippen LogP contribution in [0.3, 0.4) is 0 Å². The Morgan fingerprint density at radius 2 is 2.07 bits per heavy atom. The van der Waals surface area contributed by atoms with Crippen LogP contribution in [0.15, 0.2) is 48.1 Å². The van der Waals surface area contributed by atoms with Gasteiger partial charge < -0.3 is 14.8 Å². The minimum absolute atomic E-state index is 0. The number of aromatic nitrogens is 3. The number of piperazine rings is 1. The lowest BCUT2D eigenvalue weighted by Crippen LogP contribution is -2.49. The highest BCUT2D eigenvalue weighted by Crippen LogP contribution is 2.24. The predicted octanol–water partition coefficient (Wildman–Crippen LogP) is 3.10. The third-order valence-electron chi connectivity index (χ3n) is 4.63. The zero-order chi connectivity index (χ0) is 17.9. The fraction of sp³-hybridized carbons (Fsp3) is 0.316. The molecule has 4 rings (SSSR count). The van der Waals surface area contributed by atoms with Crippen LogP contribution in [0.4, 0.5) is 0 Å². The normalized spacial score (nSPS) is 16.2. The van der Waals surface area contributed by atoms with Crippen LogP contribution >= 0.6 is 36.2 Å². The Morgan fingerprint density at radius 1 is 1.29 bits per heavy atom. The highest BCUT2D eigenvalue weighted by Gasteiger charge is 2.32. The van der Waals surface area contributed by atoms with Crippen LogP contribution < -0.4 is 5.32 Å². The smallest absolute Gasteiger partial charge is 0.274 e. The molecule has 150 valence electrons. The van der Waals surface area contributed by atoms with E-state index >= 15 is 0 Å². The van der Waals surface area contributed by atoms with Crippen LogP contribution in [-0.4, -0.2) is 45.0 Å². The molecule has 1 saturated heterocycles. The van der Waals surface area contributed by atoms with Gasteiger partial charge in [-0.05, 0) is 5.56 Å². The van der Waals surface area contributed by atoms with Crippen molar-refractivity contribution in [1.82, 2.24) is 24.8 Å². The molecule has 1 atom stereocenters. The van der Waals surface area contributed by atoms with E-state index in [4.69, 9.17) is 0 Å². The average Bonchev–Trinajstić information content (AvgIpc) is 3.31. The number of halogens is 2. The third-order valence-corrected chi connectivity index (χ3v) is 5.48. The van der Waals surface area contributed by atoms with E-state index in [1.807, 2.05) is 46.3 Å². The van der Waals surface area contributed by atoms with Crippen LogP contribution in [0.5, 0.6) is 0 Å². The first-order valence-corrected chi connectivity index (χ1v) is 9.57. The number of benzene rings is 1. The summed E-state index contributed by atoms with van der Waals surface area (Å²) in [5.41, 5.74) is 1.73. The molecule has 28 heavy (non-hydrogen) atoms. The Labute approximate surface area is 180 Å². The van der Waals surface area contributed by atoms with Gasteiger partial charge >= 0.3 is 0 Å². The highest BCUT2D eigenvalue weighted by molar-refractivity contribution is 7.09. The maximum atomic E-state index is 13.1. The number of carbonyl (C=O) groups is 1. The molecule has 3 heterocycles. The first-order chi connectivity index (χ1) is 12.7. The number of hydrogen-bond donors (Lipinski definition) is 1. The summed E-state index contributed by atoms with van der Waals surface area (Å²) < 4.78 is 1.97. The summed E-state index contributed by atoms with van der Waals surface area (Å²) in [5, 5.41) is 6.19. The molecule has 6 nitrogen and oxygen atoms in total. The molecule has 2 aromatic heterocycles.